The Morgan fingerprint density at radius 2 is 2.08 bits per heavy atom. The van der Waals surface area contributed by atoms with Crippen LogP contribution in [0.1, 0.15) is 44.5 Å². The second-order valence-corrected chi connectivity index (χ2v) is 7.60. The lowest BCUT2D eigenvalue weighted by atomic mass is 9.88. The predicted molar refractivity (Wildman–Crippen MR) is 97.9 cm³/mol. The van der Waals surface area contributed by atoms with Crippen LogP contribution in [0.15, 0.2) is 29.6 Å². The lowest BCUT2D eigenvalue weighted by Gasteiger charge is -2.19. The Labute approximate surface area is 146 Å². The number of benzene rings is 1. The van der Waals surface area contributed by atoms with Gasteiger partial charge in [-0.3, -0.25) is 9.59 Å². The van der Waals surface area contributed by atoms with Crippen LogP contribution < -0.4 is 5.32 Å². The Bertz CT molecular complexity index is 779. The fourth-order valence-electron chi connectivity index (χ4n) is 3.05. The standard InChI is InChI=1S/C19H22N2O2S/c1-12-7-8-15-16(11-24-17(15)9-12)18(22)20-14-6-4-5-13(10-14)19(23)21(2)3/h4-6,10-12H,7-9H2,1-3H3,(H,20,22). The van der Waals surface area contributed by atoms with E-state index in [0.29, 0.717) is 17.2 Å². The minimum atomic E-state index is -0.0866. The number of nitrogens with zero attached hydrogens (tertiary/aromatic N) is 1. The van der Waals surface area contributed by atoms with Gasteiger partial charge in [0.1, 0.15) is 0 Å². The summed E-state index contributed by atoms with van der Waals surface area (Å²) in [4.78, 5) is 27.6. The van der Waals surface area contributed by atoms with Gasteiger partial charge in [-0.05, 0) is 48.9 Å². The van der Waals surface area contributed by atoms with E-state index < -0.39 is 0 Å². The molecule has 126 valence electrons. The van der Waals surface area contributed by atoms with Gasteiger partial charge in [-0.2, -0.15) is 0 Å². The van der Waals surface area contributed by atoms with Crippen LogP contribution in [0.2, 0.25) is 0 Å². The molecular formula is C19H22N2O2S. The van der Waals surface area contributed by atoms with E-state index in [1.54, 1.807) is 43.6 Å². The van der Waals surface area contributed by atoms with Crippen LogP contribution in [0, 0.1) is 5.92 Å². The molecule has 3 rings (SSSR count). The quantitative estimate of drug-likeness (QED) is 0.922. The smallest absolute Gasteiger partial charge is 0.256 e. The second kappa shape index (κ2) is 6.77. The summed E-state index contributed by atoms with van der Waals surface area (Å²) in [5.41, 5.74) is 3.21. The Kier molecular flexibility index (Phi) is 4.71. The van der Waals surface area contributed by atoms with E-state index in [-0.39, 0.29) is 11.8 Å². The van der Waals surface area contributed by atoms with Crippen molar-refractivity contribution >= 4 is 28.8 Å². The summed E-state index contributed by atoms with van der Waals surface area (Å²) < 4.78 is 0. The molecule has 2 amide bonds. The molecule has 0 fully saturated rings. The third kappa shape index (κ3) is 3.36. The topological polar surface area (TPSA) is 49.4 Å². The van der Waals surface area contributed by atoms with Crippen molar-refractivity contribution in [3.8, 4) is 0 Å². The SMILES string of the molecule is CC1CCc2c(C(=O)Nc3cccc(C(=O)N(C)C)c3)csc2C1. The van der Waals surface area contributed by atoms with Crippen LogP contribution in [0.5, 0.6) is 0 Å². The molecule has 4 nitrogen and oxygen atoms in total. The summed E-state index contributed by atoms with van der Waals surface area (Å²) in [6, 6.07) is 7.08. The summed E-state index contributed by atoms with van der Waals surface area (Å²) >= 11 is 1.68. The fraction of sp³-hybridized carbons (Fsp3) is 0.368. The maximum atomic E-state index is 12.6. The molecule has 1 unspecified atom stereocenters. The van der Waals surface area contributed by atoms with Crippen molar-refractivity contribution in [2.45, 2.75) is 26.2 Å². The molecule has 1 aliphatic rings. The number of rotatable bonds is 3. The van der Waals surface area contributed by atoms with E-state index >= 15 is 0 Å². The van der Waals surface area contributed by atoms with Gasteiger partial charge in [0.15, 0.2) is 0 Å². The summed E-state index contributed by atoms with van der Waals surface area (Å²) in [5.74, 6) is 0.533. The van der Waals surface area contributed by atoms with E-state index in [2.05, 4.69) is 12.2 Å². The molecular weight excluding hydrogens is 320 g/mol. The van der Waals surface area contributed by atoms with Gasteiger partial charge in [0, 0.05) is 35.6 Å². The van der Waals surface area contributed by atoms with Crippen molar-refractivity contribution in [3.05, 3.63) is 51.2 Å². The first-order chi connectivity index (χ1) is 11.5. The number of carbonyl (C=O) groups excluding carboxylic acids is 2. The molecule has 0 aliphatic heterocycles. The molecule has 0 saturated carbocycles. The lowest BCUT2D eigenvalue weighted by Crippen LogP contribution is -2.22. The number of nitrogens with one attached hydrogen (secondary N) is 1. The molecule has 1 aliphatic carbocycles. The highest BCUT2D eigenvalue weighted by Gasteiger charge is 2.23. The molecule has 24 heavy (non-hydrogen) atoms. The third-order valence-corrected chi connectivity index (χ3v) is 5.47. The highest BCUT2D eigenvalue weighted by atomic mass is 32.1. The summed E-state index contributed by atoms with van der Waals surface area (Å²) in [7, 11) is 3.43. The maximum absolute atomic E-state index is 12.6. The van der Waals surface area contributed by atoms with E-state index in [0.717, 1.165) is 24.8 Å². The van der Waals surface area contributed by atoms with Gasteiger partial charge in [0.05, 0.1) is 5.56 Å². The zero-order chi connectivity index (χ0) is 17.3. The number of carbonyl (C=O) groups is 2. The van der Waals surface area contributed by atoms with Crippen molar-refractivity contribution in [3.63, 3.8) is 0 Å². The monoisotopic (exact) mass is 342 g/mol. The molecule has 1 N–H and O–H groups in total. The average molecular weight is 342 g/mol. The first kappa shape index (κ1) is 16.7. The van der Waals surface area contributed by atoms with Crippen LogP contribution >= 0.6 is 11.3 Å². The molecule has 0 saturated heterocycles. The molecule has 1 heterocycles. The van der Waals surface area contributed by atoms with Crippen molar-refractivity contribution < 1.29 is 9.59 Å². The molecule has 5 heteroatoms. The van der Waals surface area contributed by atoms with Crippen LogP contribution in [-0.4, -0.2) is 30.8 Å². The normalized spacial score (nSPS) is 16.4. The van der Waals surface area contributed by atoms with Crippen molar-refractivity contribution in [2.75, 3.05) is 19.4 Å². The summed E-state index contributed by atoms with van der Waals surface area (Å²) in [6.07, 6.45) is 3.18. The number of hydrogen-bond donors (Lipinski definition) is 1. The van der Waals surface area contributed by atoms with Crippen LogP contribution in [0.3, 0.4) is 0 Å². The van der Waals surface area contributed by atoms with Gasteiger partial charge in [-0.15, -0.1) is 11.3 Å². The van der Waals surface area contributed by atoms with E-state index in [4.69, 9.17) is 0 Å². The molecule has 1 atom stereocenters. The summed E-state index contributed by atoms with van der Waals surface area (Å²) in [6.45, 7) is 2.26. The molecule has 2 aromatic rings. The molecule has 1 aromatic carbocycles. The van der Waals surface area contributed by atoms with E-state index in [9.17, 15) is 9.59 Å². The Morgan fingerprint density at radius 3 is 2.83 bits per heavy atom. The van der Waals surface area contributed by atoms with Crippen molar-refractivity contribution in [1.82, 2.24) is 4.90 Å². The second-order valence-electron chi connectivity index (χ2n) is 6.63. The number of hydrogen-bond acceptors (Lipinski definition) is 3. The lowest BCUT2D eigenvalue weighted by molar-refractivity contribution is 0.0827. The Hall–Kier alpha value is -2.14. The van der Waals surface area contributed by atoms with Crippen molar-refractivity contribution in [2.24, 2.45) is 5.92 Å². The van der Waals surface area contributed by atoms with E-state index in [1.807, 2.05) is 11.4 Å². The van der Waals surface area contributed by atoms with E-state index in [1.165, 1.54) is 15.3 Å². The minimum Gasteiger partial charge on any atom is -0.345 e. The van der Waals surface area contributed by atoms with Gasteiger partial charge in [0.25, 0.3) is 11.8 Å². The number of fused-ring (bicyclic) bond motifs is 1. The Morgan fingerprint density at radius 1 is 1.29 bits per heavy atom. The Balaban J connectivity index is 1.79. The number of amides is 2. The molecule has 0 bridgehead atoms. The zero-order valence-corrected chi connectivity index (χ0v) is 15.1. The van der Waals surface area contributed by atoms with Crippen LogP contribution in [0.25, 0.3) is 0 Å². The average Bonchev–Trinajstić information content (AvgIpc) is 2.97. The van der Waals surface area contributed by atoms with Gasteiger partial charge in [-0.1, -0.05) is 13.0 Å². The molecule has 1 aromatic heterocycles. The van der Waals surface area contributed by atoms with Crippen LogP contribution in [0.4, 0.5) is 5.69 Å². The maximum Gasteiger partial charge on any atom is 0.256 e. The van der Waals surface area contributed by atoms with Gasteiger partial charge < -0.3 is 10.2 Å². The first-order valence-electron chi connectivity index (χ1n) is 8.18. The highest BCUT2D eigenvalue weighted by Crippen LogP contribution is 2.33. The number of thiophene rings is 1. The molecule has 0 radical (unpaired) electrons. The third-order valence-electron chi connectivity index (χ3n) is 4.42. The van der Waals surface area contributed by atoms with Crippen molar-refractivity contribution in [1.29, 1.82) is 0 Å². The summed E-state index contributed by atoms with van der Waals surface area (Å²) in [5, 5.41) is 4.90. The van der Waals surface area contributed by atoms with Gasteiger partial charge >= 0.3 is 0 Å². The zero-order valence-electron chi connectivity index (χ0n) is 14.3. The first-order valence-corrected chi connectivity index (χ1v) is 9.06. The largest absolute Gasteiger partial charge is 0.345 e. The van der Waals surface area contributed by atoms with Gasteiger partial charge in [-0.25, -0.2) is 0 Å². The predicted octanol–water partition coefficient (Wildman–Crippen LogP) is 3.83. The fourth-order valence-corrected chi connectivity index (χ4v) is 4.30. The highest BCUT2D eigenvalue weighted by molar-refractivity contribution is 7.10. The molecule has 0 spiro atoms. The van der Waals surface area contributed by atoms with Crippen LogP contribution in [-0.2, 0) is 12.8 Å². The number of anilines is 1. The minimum absolute atomic E-state index is 0.0759. The van der Waals surface area contributed by atoms with Gasteiger partial charge in [0.2, 0.25) is 0 Å².